The number of allylic oxidation sites excluding steroid dienone is 2. The molecule has 260 valence electrons. The Labute approximate surface area is 279 Å². The maximum absolute atomic E-state index is 12.2. The van der Waals surface area contributed by atoms with Gasteiger partial charge in [-0.2, -0.15) is 0 Å². The number of hydrogen-bond donors (Lipinski definition) is 0. The third kappa shape index (κ3) is 33.9. The highest BCUT2D eigenvalue weighted by atomic mass is 35.5. The molecule has 5 heteroatoms. The molecule has 0 bridgehead atoms. The summed E-state index contributed by atoms with van der Waals surface area (Å²) in [6, 6.07) is 0. The average molecular weight is 641 g/mol. The molecule has 1 unspecified atom stereocenters. The highest BCUT2D eigenvalue weighted by Crippen LogP contribution is 2.15. The van der Waals surface area contributed by atoms with E-state index in [1.807, 2.05) is 0 Å². The van der Waals surface area contributed by atoms with Gasteiger partial charge in [0.25, 0.3) is 0 Å². The second-order valence-electron chi connectivity index (χ2n) is 13.0. The maximum atomic E-state index is 12.2. The van der Waals surface area contributed by atoms with Gasteiger partial charge in [0.15, 0.2) is 0 Å². The number of alkyl halides is 1. The highest BCUT2D eigenvalue weighted by Gasteiger charge is 2.16. The molecule has 0 fully saturated rings. The minimum atomic E-state index is -0.558. The van der Waals surface area contributed by atoms with Crippen LogP contribution in [0, 0.1) is 0 Å². The monoisotopic (exact) mass is 641 g/mol. The molecule has 0 saturated carbocycles. The second kappa shape index (κ2) is 36.4. The van der Waals surface area contributed by atoms with Crippen molar-refractivity contribution in [3.8, 4) is 0 Å². The molecule has 0 amide bonds. The minimum Gasteiger partial charge on any atom is -0.462 e. The van der Waals surface area contributed by atoms with Gasteiger partial charge in [-0.25, -0.2) is 0 Å². The molecule has 0 saturated heterocycles. The number of unbranched alkanes of at least 4 members (excludes halogenated alkanes) is 25. The van der Waals surface area contributed by atoms with Gasteiger partial charge >= 0.3 is 11.9 Å². The first-order valence-corrected chi connectivity index (χ1v) is 19.7. The van der Waals surface area contributed by atoms with Crippen LogP contribution in [0.5, 0.6) is 0 Å². The Kier molecular flexibility index (Phi) is 35.6. The van der Waals surface area contributed by atoms with Crippen LogP contribution >= 0.6 is 11.6 Å². The number of carbonyl (C=O) groups is 2. The molecule has 0 N–H and O–H groups in total. The Morgan fingerprint density at radius 2 is 0.841 bits per heavy atom. The first-order valence-electron chi connectivity index (χ1n) is 19.2. The standard InChI is InChI=1S/C39H73ClO4/c1-3-5-7-9-11-13-15-17-19-21-23-25-27-29-31-33-38(41)43-36-37(35-40)44-39(42)34-32-30-28-26-24-22-20-18-16-14-12-10-8-6-4-2/h18,20,37H,3-17,19,21-36H2,1-2H3/b20-18-. The summed E-state index contributed by atoms with van der Waals surface area (Å²) in [6.07, 6.45) is 40.5. The van der Waals surface area contributed by atoms with Crippen LogP contribution in [-0.2, 0) is 19.1 Å². The number of rotatable bonds is 35. The molecule has 0 aliphatic rings. The molecule has 0 aliphatic heterocycles. The normalized spacial score (nSPS) is 12.2. The Morgan fingerprint density at radius 1 is 0.500 bits per heavy atom. The molecule has 0 spiro atoms. The summed E-state index contributed by atoms with van der Waals surface area (Å²) in [6.45, 7) is 4.59. The van der Waals surface area contributed by atoms with Crippen molar-refractivity contribution in [1.29, 1.82) is 0 Å². The predicted octanol–water partition coefficient (Wildman–Crippen LogP) is 13.0. The highest BCUT2D eigenvalue weighted by molar-refractivity contribution is 6.18. The number of ether oxygens (including phenoxy) is 2. The zero-order valence-electron chi connectivity index (χ0n) is 29.4. The number of esters is 2. The zero-order valence-corrected chi connectivity index (χ0v) is 30.1. The second-order valence-corrected chi connectivity index (χ2v) is 13.3. The van der Waals surface area contributed by atoms with Crippen LogP contribution in [-0.4, -0.2) is 30.5 Å². The summed E-state index contributed by atoms with van der Waals surface area (Å²) in [5.41, 5.74) is 0. The summed E-state index contributed by atoms with van der Waals surface area (Å²) >= 11 is 5.96. The molecule has 0 radical (unpaired) electrons. The topological polar surface area (TPSA) is 52.6 Å². The van der Waals surface area contributed by atoms with E-state index < -0.39 is 6.10 Å². The van der Waals surface area contributed by atoms with Gasteiger partial charge in [0.05, 0.1) is 5.88 Å². The van der Waals surface area contributed by atoms with E-state index in [1.54, 1.807) is 0 Å². The first-order chi connectivity index (χ1) is 21.6. The lowest BCUT2D eigenvalue weighted by atomic mass is 10.0. The van der Waals surface area contributed by atoms with Crippen LogP contribution in [0.15, 0.2) is 12.2 Å². The summed E-state index contributed by atoms with van der Waals surface area (Å²) < 4.78 is 10.8. The summed E-state index contributed by atoms with van der Waals surface area (Å²) in [5, 5.41) is 0. The fourth-order valence-corrected chi connectivity index (χ4v) is 5.75. The van der Waals surface area contributed by atoms with E-state index in [0.717, 1.165) is 38.5 Å². The van der Waals surface area contributed by atoms with Gasteiger partial charge in [0, 0.05) is 12.8 Å². The molecule has 0 aromatic heterocycles. The summed E-state index contributed by atoms with van der Waals surface area (Å²) in [5.74, 6) is -0.320. The van der Waals surface area contributed by atoms with Gasteiger partial charge < -0.3 is 9.47 Å². The Morgan fingerprint density at radius 3 is 1.23 bits per heavy atom. The van der Waals surface area contributed by atoms with Crippen molar-refractivity contribution in [2.24, 2.45) is 0 Å². The lowest BCUT2D eigenvalue weighted by Crippen LogP contribution is -2.26. The van der Waals surface area contributed by atoms with Crippen LogP contribution in [0.2, 0.25) is 0 Å². The van der Waals surface area contributed by atoms with Gasteiger partial charge in [0.1, 0.15) is 12.7 Å². The van der Waals surface area contributed by atoms with E-state index in [4.69, 9.17) is 21.1 Å². The van der Waals surface area contributed by atoms with E-state index in [0.29, 0.717) is 12.8 Å². The molecule has 0 aliphatic carbocycles. The van der Waals surface area contributed by atoms with Crippen LogP contribution in [0.25, 0.3) is 0 Å². The Bertz CT molecular complexity index is 636. The first kappa shape index (κ1) is 43.0. The number of hydrogen-bond acceptors (Lipinski definition) is 4. The van der Waals surface area contributed by atoms with E-state index in [9.17, 15) is 9.59 Å². The quantitative estimate of drug-likeness (QED) is 0.0299. The molecule has 1 atom stereocenters. The van der Waals surface area contributed by atoms with Crippen molar-refractivity contribution in [1.82, 2.24) is 0 Å². The largest absolute Gasteiger partial charge is 0.462 e. The SMILES string of the molecule is CCCCCCCC/C=C\CCCCCCCC(=O)OC(CCl)COC(=O)CCCCCCCCCCCCCCCCC. The Hall–Kier alpha value is -1.03. The van der Waals surface area contributed by atoms with Crippen molar-refractivity contribution in [3.63, 3.8) is 0 Å². The van der Waals surface area contributed by atoms with Crippen molar-refractivity contribution >= 4 is 23.5 Å². The molecule has 0 aromatic rings. The fraction of sp³-hybridized carbons (Fsp3) is 0.897. The summed E-state index contributed by atoms with van der Waals surface area (Å²) in [7, 11) is 0. The van der Waals surface area contributed by atoms with E-state index >= 15 is 0 Å². The van der Waals surface area contributed by atoms with Gasteiger partial charge in [-0.1, -0.05) is 167 Å². The van der Waals surface area contributed by atoms with Gasteiger partial charge in [-0.05, 0) is 38.5 Å². The van der Waals surface area contributed by atoms with Crippen LogP contribution in [0.4, 0.5) is 0 Å². The molecular weight excluding hydrogens is 568 g/mol. The van der Waals surface area contributed by atoms with Crippen LogP contribution < -0.4 is 0 Å². The zero-order chi connectivity index (χ0) is 32.2. The Balaban J connectivity index is 3.53. The van der Waals surface area contributed by atoms with Crippen molar-refractivity contribution in [3.05, 3.63) is 12.2 Å². The summed E-state index contributed by atoms with van der Waals surface area (Å²) in [4.78, 5) is 24.3. The lowest BCUT2D eigenvalue weighted by Gasteiger charge is -2.15. The van der Waals surface area contributed by atoms with E-state index in [2.05, 4.69) is 26.0 Å². The third-order valence-corrected chi connectivity index (χ3v) is 8.87. The van der Waals surface area contributed by atoms with Crippen molar-refractivity contribution in [2.45, 2.75) is 213 Å². The maximum Gasteiger partial charge on any atom is 0.306 e. The van der Waals surface area contributed by atoms with Crippen molar-refractivity contribution in [2.75, 3.05) is 12.5 Å². The number of halogens is 1. The van der Waals surface area contributed by atoms with Gasteiger partial charge in [-0.3, -0.25) is 9.59 Å². The van der Waals surface area contributed by atoms with Gasteiger partial charge in [-0.15, -0.1) is 11.6 Å². The van der Waals surface area contributed by atoms with Crippen LogP contribution in [0.1, 0.15) is 206 Å². The number of carbonyl (C=O) groups excluding carboxylic acids is 2. The average Bonchev–Trinajstić information content (AvgIpc) is 3.02. The molecule has 0 rings (SSSR count). The van der Waals surface area contributed by atoms with Gasteiger partial charge in [0.2, 0.25) is 0 Å². The predicted molar refractivity (Wildman–Crippen MR) is 191 cm³/mol. The molecule has 0 heterocycles. The smallest absolute Gasteiger partial charge is 0.306 e. The third-order valence-electron chi connectivity index (χ3n) is 8.53. The fourth-order valence-electron chi connectivity index (χ4n) is 5.59. The minimum absolute atomic E-state index is 0.0548. The van der Waals surface area contributed by atoms with Crippen molar-refractivity contribution < 1.29 is 19.1 Å². The van der Waals surface area contributed by atoms with E-state index in [1.165, 1.54) is 141 Å². The lowest BCUT2D eigenvalue weighted by molar-refractivity contribution is -0.157. The van der Waals surface area contributed by atoms with Crippen LogP contribution in [0.3, 0.4) is 0 Å². The van der Waals surface area contributed by atoms with E-state index in [-0.39, 0.29) is 24.4 Å². The molecule has 0 aromatic carbocycles. The molecule has 4 nitrogen and oxygen atoms in total. The molecular formula is C39H73ClO4. The molecule has 44 heavy (non-hydrogen) atoms.